The molecular formula is C11H17N3. The number of hydrogen-bond donors (Lipinski definition) is 1. The lowest BCUT2D eigenvalue weighted by molar-refractivity contribution is 0.233. The number of pyridine rings is 1. The molecule has 2 heterocycles. The third kappa shape index (κ3) is 2.53. The van der Waals surface area contributed by atoms with E-state index in [1.54, 1.807) is 0 Å². The van der Waals surface area contributed by atoms with Crippen molar-refractivity contribution in [2.24, 2.45) is 0 Å². The molecule has 3 nitrogen and oxygen atoms in total. The van der Waals surface area contributed by atoms with E-state index in [0.29, 0.717) is 0 Å². The zero-order valence-electron chi connectivity index (χ0n) is 8.66. The van der Waals surface area contributed by atoms with Gasteiger partial charge < -0.3 is 5.32 Å². The third-order valence-electron chi connectivity index (χ3n) is 2.58. The topological polar surface area (TPSA) is 28.2 Å². The van der Waals surface area contributed by atoms with Crippen LogP contribution in [0.3, 0.4) is 0 Å². The minimum absolute atomic E-state index is 1.06. The highest BCUT2D eigenvalue weighted by Crippen LogP contribution is 2.05. The Balaban J connectivity index is 1.95. The number of aromatic nitrogens is 1. The van der Waals surface area contributed by atoms with Gasteiger partial charge in [0.15, 0.2) is 0 Å². The van der Waals surface area contributed by atoms with Crippen LogP contribution in [-0.2, 0) is 6.54 Å². The Labute approximate surface area is 85.1 Å². The van der Waals surface area contributed by atoms with Crippen molar-refractivity contribution in [1.29, 1.82) is 0 Å². The van der Waals surface area contributed by atoms with Gasteiger partial charge in [-0.2, -0.15) is 0 Å². The van der Waals surface area contributed by atoms with Gasteiger partial charge in [0.2, 0.25) is 0 Å². The van der Waals surface area contributed by atoms with E-state index in [0.717, 1.165) is 38.4 Å². The second-order valence-corrected chi connectivity index (χ2v) is 3.83. The van der Waals surface area contributed by atoms with E-state index in [1.807, 2.05) is 13.1 Å². The summed E-state index contributed by atoms with van der Waals surface area (Å²) in [6, 6.07) is 4.27. The summed E-state index contributed by atoms with van der Waals surface area (Å²) < 4.78 is 0. The summed E-state index contributed by atoms with van der Waals surface area (Å²) in [6.45, 7) is 7.64. The molecular weight excluding hydrogens is 174 g/mol. The molecule has 0 aliphatic carbocycles. The van der Waals surface area contributed by atoms with Gasteiger partial charge >= 0.3 is 0 Å². The maximum atomic E-state index is 4.20. The van der Waals surface area contributed by atoms with Gasteiger partial charge in [0.1, 0.15) is 0 Å². The second kappa shape index (κ2) is 4.53. The Kier molecular flexibility index (Phi) is 3.11. The predicted octanol–water partition coefficient (Wildman–Crippen LogP) is 0.795. The fraction of sp³-hybridized carbons (Fsp3) is 0.545. The SMILES string of the molecule is Cc1cc(CN2CCNCC2)ccn1. The van der Waals surface area contributed by atoms with Crippen molar-refractivity contribution >= 4 is 0 Å². The fourth-order valence-electron chi connectivity index (χ4n) is 1.83. The van der Waals surface area contributed by atoms with Crippen molar-refractivity contribution in [1.82, 2.24) is 15.2 Å². The number of nitrogens with one attached hydrogen (secondary N) is 1. The summed E-state index contributed by atoms with van der Waals surface area (Å²) in [6.07, 6.45) is 1.90. The van der Waals surface area contributed by atoms with E-state index >= 15 is 0 Å². The van der Waals surface area contributed by atoms with Crippen LogP contribution in [0.1, 0.15) is 11.3 Å². The van der Waals surface area contributed by atoms with Crippen molar-refractivity contribution in [2.75, 3.05) is 26.2 Å². The van der Waals surface area contributed by atoms with Gasteiger partial charge in [0.25, 0.3) is 0 Å². The Bertz CT molecular complexity index is 292. The molecule has 1 saturated heterocycles. The number of hydrogen-bond acceptors (Lipinski definition) is 3. The van der Waals surface area contributed by atoms with E-state index < -0.39 is 0 Å². The van der Waals surface area contributed by atoms with Crippen LogP contribution in [0, 0.1) is 6.92 Å². The molecule has 1 aromatic heterocycles. The quantitative estimate of drug-likeness (QED) is 0.749. The van der Waals surface area contributed by atoms with Crippen molar-refractivity contribution in [3.63, 3.8) is 0 Å². The molecule has 0 amide bonds. The molecule has 2 rings (SSSR count). The first-order valence-corrected chi connectivity index (χ1v) is 5.19. The summed E-state index contributed by atoms with van der Waals surface area (Å²) in [5.74, 6) is 0. The van der Waals surface area contributed by atoms with Crippen LogP contribution in [0.4, 0.5) is 0 Å². The fourth-order valence-corrected chi connectivity index (χ4v) is 1.83. The first-order chi connectivity index (χ1) is 6.84. The van der Waals surface area contributed by atoms with Crippen molar-refractivity contribution in [3.8, 4) is 0 Å². The zero-order valence-corrected chi connectivity index (χ0v) is 8.66. The normalized spacial score (nSPS) is 18.4. The molecule has 0 bridgehead atoms. The Morgan fingerprint density at radius 1 is 1.43 bits per heavy atom. The van der Waals surface area contributed by atoms with Crippen LogP contribution >= 0.6 is 0 Å². The molecule has 1 N–H and O–H groups in total. The van der Waals surface area contributed by atoms with Crippen LogP contribution in [0.15, 0.2) is 18.3 Å². The lowest BCUT2D eigenvalue weighted by Crippen LogP contribution is -2.42. The first-order valence-electron chi connectivity index (χ1n) is 5.19. The molecule has 0 aromatic carbocycles. The van der Waals surface area contributed by atoms with E-state index in [9.17, 15) is 0 Å². The van der Waals surface area contributed by atoms with Crippen molar-refractivity contribution in [2.45, 2.75) is 13.5 Å². The number of aryl methyl sites for hydroxylation is 1. The van der Waals surface area contributed by atoms with Crippen LogP contribution in [-0.4, -0.2) is 36.1 Å². The van der Waals surface area contributed by atoms with E-state index in [4.69, 9.17) is 0 Å². The molecule has 0 unspecified atom stereocenters. The molecule has 1 aliphatic rings. The van der Waals surface area contributed by atoms with Gasteiger partial charge in [-0.05, 0) is 24.6 Å². The Morgan fingerprint density at radius 2 is 2.21 bits per heavy atom. The lowest BCUT2D eigenvalue weighted by atomic mass is 10.2. The Morgan fingerprint density at radius 3 is 2.93 bits per heavy atom. The molecule has 0 atom stereocenters. The minimum atomic E-state index is 1.06. The molecule has 1 aromatic rings. The highest BCUT2D eigenvalue weighted by molar-refractivity contribution is 5.15. The second-order valence-electron chi connectivity index (χ2n) is 3.83. The van der Waals surface area contributed by atoms with Gasteiger partial charge in [-0.3, -0.25) is 9.88 Å². The van der Waals surface area contributed by atoms with Crippen LogP contribution < -0.4 is 5.32 Å². The molecule has 76 valence electrons. The van der Waals surface area contributed by atoms with Gasteiger partial charge in [-0.1, -0.05) is 0 Å². The average molecular weight is 191 g/mol. The van der Waals surface area contributed by atoms with Crippen LogP contribution in [0.5, 0.6) is 0 Å². The molecule has 3 heteroatoms. The molecule has 1 aliphatic heterocycles. The molecule has 0 spiro atoms. The predicted molar refractivity (Wildman–Crippen MR) is 57.1 cm³/mol. The van der Waals surface area contributed by atoms with Gasteiger partial charge in [-0.15, -0.1) is 0 Å². The van der Waals surface area contributed by atoms with E-state index in [1.165, 1.54) is 5.56 Å². The van der Waals surface area contributed by atoms with Crippen molar-refractivity contribution < 1.29 is 0 Å². The standard InChI is InChI=1S/C11H17N3/c1-10-8-11(2-3-13-10)9-14-6-4-12-5-7-14/h2-3,8,12H,4-7,9H2,1H3. The van der Waals surface area contributed by atoms with Crippen LogP contribution in [0.2, 0.25) is 0 Å². The van der Waals surface area contributed by atoms with Crippen molar-refractivity contribution in [3.05, 3.63) is 29.6 Å². The Hall–Kier alpha value is -0.930. The highest BCUT2D eigenvalue weighted by atomic mass is 15.2. The van der Waals surface area contributed by atoms with Gasteiger partial charge in [0.05, 0.1) is 0 Å². The number of nitrogens with zero attached hydrogens (tertiary/aromatic N) is 2. The summed E-state index contributed by atoms with van der Waals surface area (Å²) in [5.41, 5.74) is 2.48. The molecule has 0 radical (unpaired) electrons. The zero-order chi connectivity index (χ0) is 9.80. The molecule has 0 saturated carbocycles. The number of rotatable bonds is 2. The third-order valence-corrected chi connectivity index (χ3v) is 2.58. The monoisotopic (exact) mass is 191 g/mol. The minimum Gasteiger partial charge on any atom is -0.314 e. The van der Waals surface area contributed by atoms with Gasteiger partial charge in [0, 0.05) is 44.6 Å². The maximum absolute atomic E-state index is 4.20. The summed E-state index contributed by atoms with van der Waals surface area (Å²) in [7, 11) is 0. The summed E-state index contributed by atoms with van der Waals surface area (Å²) in [4.78, 5) is 6.68. The molecule has 14 heavy (non-hydrogen) atoms. The summed E-state index contributed by atoms with van der Waals surface area (Å²) >= 11 is 0. The lowest BCUT2D eigenvalue weighted by Gasteiger charge is -2.27. The van der Waals surface area contributed by atoms with E-state index in [-0.39, 0.29) is 0 Å². The van der Waals surface area contributed by atoms with Gasteiger partial charge in [-0.25, -0.2) is 0 Å². The van der Waals surface area contributed by atoms with E-state index in [2.05, 4.69) is 27.3 Å². The highest BCUT2D eigenvalue weighted by Gasteiger charge is 2.09. The smallest absolute Gasteiger partial charge is 0.0375 e. The maximum Gasteiger partial charge on any atom is 0.0375 e. The number of piperazine rings is 1. The average Bonchev–Trinajstić information content (AvgIpc) is 2.19. The largest absolute Gasteiger partial charge is 0.314 e. The summed E-state index contributed by atoms with van der Waals surface area (Å²) in [5, 5.41) is 3.36. The first kappa shape index (κ1) is 9.62. The molecule has 1 fully saturated rings. The van der Waals surface area contributed by atoms with Crippen LogP contribution in [0.25, 0.3) is 0 Å².